The van der Waals surface area contributed by atoms with Crippen molar-refractivity contribution >= 4 is 22.2 Å². The third-order valence-electron chi connectivity index (χ3n) is 4.46. The van der Waals surface area contributed by atoms with E-state index in [-0.39, 0.29) is 6.04 Å². The normalized spacial score (nSPS) is 17.4. The van der Waals surface area contributed by atoms with Gasteiger partial charge in [-0.3, -0.25) is 4.98 Å². The van der Waals surface area contributed by atoms with Gasteiger partial charge in [-0.15, -0.1) is 11.3 Å². The molecule has 0 spiro atoms. The van der Waals surface area contributed by atoms with Gasteiger partial charge in [0.05, 0.1) is 23.7 Å². The number of thiophene rings is 1. The van der Waals surface area contributed by atoms with Crippen LogP contribution in [0.5, 0.6) is 5.75 Å². The molecule has 2 aromatic heterocycles. The number of hydrogen-bond acceptors (Lipinski definition) is 4. The second-order valence-electron chi connectivity index (χ2n) is 5.80. The predicted octanol–water partition coefficient (Wildman–Crippen LogP) is 2.01. The predicted molar refractivity (Wildman–Crippen MR) is 91.1 cm³/mol. The van der Waals surface area contributed by atoms with Crippen LogP contribution in [0, 0.1) is 0 Å². The van der Waals surface area contributed by atoms with Crippen molar-refractivity contribution in [2.45, 2.75) is 6.04 Å². The molecule has 0 bridgehead atoms. The molecule has 0 unspecified atom stereocenters. The lowest BCUT2D eigenvalue weighted by Crippen LogP contribution is -3.14. The Hall–Kier alpha value is -1.95. The van der Waals surface area contributed by atoms with Gasteiger partial charge in [0.25, 0.3) is 0 Å². The number of ether oxygens (including phenoxy) is 1. The summed E-state index contributed by atoms with van der Waals surface area (Å²) >= 11 is 1.74. The van der Waals surface area contributed by atoms with Gasteiger partial charge >= 0.3 is 0 Å². The molecule has 2 N–H and O–H groups in total. The van der Waals surface area contributed by atoms with Gasteiger partial charge in [0, 0.05) is 11.6 Å². The summed E-state index contributed by atoms with van der Waals surface area (Å²) in [6, 6.07) is 12.3. The van der Waals surface area contributed by atoms with Crippen molar-refractivity contribution in [3.8, 4) is 5.75 Å². The number of hydrogen-bond donors (Lipinski definition) is 2. The summed E-state index contributed by atoms with van der Waals surface area (Å²) in [5, 5.41) is 13.9. The zero-order valence-electron chi connectivity index (χ0n) is 12.7. The van der Waals surface area contributed by atoms with Crippen LogP contribution < -0.4 is 4.90 Å². The van der Waals surface area contributed by atoms with Gasteiger partial charge in [-0.2, -0.15) is 0 Å². The maximum atomic E-state index is 10.8. The molecule has 1 fully saturated rings. The average molecular weight is 327 g/mol. The van der Waals surface area contributed by atoms with Gasteiger partial charge in [0.15, 0.2) is 11.8 Å². The van der Waals surface area contributed by atoms with Crippen LogP contribution >= 0.6 is 11.3 Å². The minimum atomic E-state index is 0.130. The monoisotopic (exact) mass is 327 g/mol. The van der Waals surface area contributed by atoms with Crippen LogP contribution in [0.2, 0.25) is 0 Å². The molecule has 3 aromatic rings. The number of nitrogens with one attached hydrogen (secondary N) is 1. The van der Waals surface area contributed by atoms with Crippen molar-refractivity contribution in [2.24, 2.45) is 0 Å². The number of morpholine rings is 1. The standard InChI is InChI=1S/C18H18N2O2S/c21-18-14(6-5-13-3-1-7-19-16(13)18)17(15-4-2-12-23-15)20-8-10-22-11-9-20/h1-7,12,17,21H,8-11H2/p+1/t17-/m1/s1. The second kappa shape index (κ2) is 6.28. The first-order valence-corrected chi connectivity index (χ1v) is 8.75. The van der Waals surface area contributed by atoms with E-state index in [4.69, 9.17) is 4.74 Å². The molecule has 1 aliphatic heterocycles. The fourth-order valence-electron chi connectivity index (χ4n) is 3.33. The van der Waals surface area contributed by atoms with Crippen LogP contribution in [-0.4, -0.2) is 36.4 Å². The fourth-order valence-corrected chi connectivity index (χ4v) is 4.23. The molecule has 23 heavy (non-hydrogen) atoms. The first kappa shape index (κ1) is 14.6. The maximum Gasteiger partial charge on any atom is 0.152 e. The molecule has 4 nitrogen and oxygen atoms in total. The van der Waals surface area contributed by atoms with Crippen LogP contribution in [0.1, 0.15) is 16.5 Å². The van der Waals surface area contributed by atoms with E-state index in [0.29, 0.717) is 11.3 Å². The Morgan fingerprint density at radius 3 is 2.78 bits per heavy atom. The van der Waals surface area contributed by atoms with E-state index >= 15 is 0 Å². The van der Waals surface area contributed by atoms with E-state index in [1.165, 1.54) is 9.78 Å². The van der Waals surface area contributed by atoms with Crippen molar-refractivity contribution in [2.75, 3.05) is 26.3 Å². The van der Waals surface area contributed by atoms with Gasteiger partial charge < -0.3 is 14.7 Å². The van der Waals surface area contributed by atoms with Gasteiger partial charge in [-0.05, 0) is 23.6 Å². The average Bonchev–Trinajstić information content (AvgIpc) is 3.13. The van der Waals surface area contributed by atoms with Gasteiger partial charge in [-0.1, -0.05) is 18.2 Å². The van der Waals surface area contributed by atoms with E-state index in [1.807, 2.05) is 18.2 Å². The topological polar surface area (TPSA) is 46.8 Å². The SMILES string of the molecule is Oc1c([C@H](c2cccs2)[NH+]2CCOCC2)ccc2cccnc12. The first-order valence-electron chi connectivity index (χ1n) is 7.87. The quantitative estimate of drug-likeness (QED) is 0.773. The highest BCUT2D eigenvalue weighted by atomic mass is 32.1. The number of rotatable bonds is 3. The van der Waals surface area contributed by atoms with E-state index in [1.54, 1.807) is 17.5 Å². The second-order valence-corrected chi connectivity index (χ2v) is 6.78. The lowest BCUT2D eigenvalue weighted by molar-refractivity contribution is -0.932. The van der Waals surface area contributed by atoms with E-state index in [0.717, 1.165) is 37.3 Å². The Morgan fingerprint density at radius 2 is 2.00 bits per heavy atom. The van der Waals surface area contributed by atoms with Gasteiger partial charge in [0.1, 0.15) is 18.6 Å². The molecule has 1 saturated heterocycles. The van der Waals surface area contributed by atoms with Crippen molar-refractivity contribution in [3.63, 3.8) is 0 Å². The molecule has 0 aliphatic carbocycles. The van der Waals surface area contributed by atoms with Crippen LogP contribution in [0.25, 0.3) is 10.9 Å². The van der Waals surface area contributed by atoms with Gasteiger partial charge in [-0.25, -0.2) is 0 Å². The van der Waals surface area contributed by atoms with Crippen LogP contribution in [0.15, 0.2) is 48.0 Å². The fraction of sp³-hybridized carbons (Fsp3) is 0.278. The van der Waals surface area contributed by atoms with Gasteiger partial charge in [0.2, 0.25) is 0 Å². The third-order valence-corrected chi connectivity index (χ3v) is 5.40. The van der Waals surface area contributed by atoms with Crippen molar-refractivity contribution in [1.29, 1.82) is 0 Å². The lowest BCUT2D eigenvalue weighted by atomic mass is 9.99. The number of nitrogens with zero attached hydrogens (tertiary/aromatic N) is 1. The number of pyridine rings is 1. The number of aromatic hydroxyl groups is 1. The third kappa shape index (κ3) is 2.72. The molecule has 1 atom stereocenters. The van der Waals surface area contributed by atoms with E-state index in [2.05, 4.69) is 28.6 Å². The minimum Gasteiger partial charge on any atom is -0.505 e. The van der Waals surface area contributed by atoms with Crippen LogP contribution in [-0.2, 0) is 4.74 Å². The van der Waals surface area contributed by atoms with Crippen LogP contribution in [0.3, 0.4) is 0 Å². The Bertz CT molecular complexity index is 798. The Labute approximate surface area is 139 Å². The number of quaternary nitrogens is 1. The summed E-state index contributed by atoms with van der Waals surface area (Å²) in [6.45, 7) is 3.43. The molecular weight excluding hydrogens is 308 g/mol. The van der Waals surface area contributed by atoms with E-state index in [9.17, 15) is 5.11 Å². The number of benzene rings is 1. The largest absolute Gasteiger partial charge is 0.505 e. The summed E-state index contributed by atoms with van der Waals surface area (Å²) in [5.74, 6) is 0.306. The lowest BCUT2D eigenvalue weighted by Gasteiger charge is -2.31. The molecule has 118 valence electrons. The van der Waals surface area contributed by atoms with Crippen molar-refractivity contribution in [3.05, 3.63) is 58.4 Å². The highest BCUT2D eigenvalue weighted by molar-refractivity contribution is 7.10. The number of phenols is 1. The molecule has 3 heterocycles. The first-order chi connectivity index (χ1) is 11.3. The molecule has 5 heteroatoms. The molecule has 4 rings (SSSR count). The molecule has 0 saturated carbocycles. The summed E-state index contributed by atoms with van der Waals surface area (Å²) in [4.78, 5) is 7.08. The number of phenolic OH excluding ortho intramolecular Hbond substituents is 1. The van der Waals surface area contributed by atoms with Crippen molar-refractivity contribution < 1.29 is 14.7 Å². The minimum absolute atomic E-state index is 0.130. The summed E-state index contributed by atoms with van der Waals surface area (Å²) in [7, 11) is 0. The number of aromatic nitrogens is 1. The summed E-state index contributed by atoms with van der Waals surface area (Å²) < 4.78 is 5.51. The zero-order chi connectivity index (χ0) is 15.6. The highest BCUT2D eigenvalue weighted by Crippen LogP contribution is 2.34. The van der Waals surface area contributed by atoms with E-state index < -0.39 is 0 Å². The van der Waals surface area contributed by atoms with Crippen LogP contribution in [0.4, 0.5) is 0 Å². The van der Waals surface area contributed by atoms with Crippen molar-refractivity contribution in [1.82, 2.24) is 4.98 Å². The summed E-state index contributed by atoms with van der Waals surface area (Å²) in [6.07, 6.45) is 1.73. The molecule has 0 amide bonds. The molecule has 1 aromatic carbocycles. The molecule has 1 aliphatic rings. The maximum absolute atomic E-state index is 10.8. The smallest absolute Gasteiger partial charge is 0.152 e. The molecular formula is C18H19N2O2S+. The number of fused-ring (bicyclic) bond motifs is 1. The zero-order valence-corrected chi connectivity index (χ0v) is 13.6. The Balaban J connectivity index is 1.84. The summed E-state index contributed by atoms with van der Waals surface area (Å²) in [5.41, 5.74) is 1.63. The Kier molecular flexibility index (Phi) is 3.99. The Morgan fingerprint density at radius 1 is 1.13 bits per heavy atom. The molecule has 0 radical (unpaired) electrons. The highest BCUT2D eigenvalue weighted by Gasteiger charge is 2.31.